The van der Waals surface area contributed by atoms with Gasteiger partial charge in [0.2, 0.25) is 5.91 Å². The van der Waals surface area contributed by atoms with Crippen molar-refractivity contribution in [2.75, 3.05) is 0 Å². The highest BCUT2D eigenvalue weighted by Gasteiger charge is 2.21. The molecule has 0 heterocycles. The van der Waals surface area contributed by atoms with E-state index in [4.69, 9.17) is 5.11 Å². The average Bonchev–Trinajstić information content (AvgIpc) is 2.26. The lowest BCUT2D eigenvalue weighted by molar-refractivity contribution is -0.131. The molecule has 2 N–H and O–H groups in total. The van der Waals surface area contributed by atoms with E-state index in [0.717, 1.165) is 37.8 Å². The van der Waals surface area contributed by atoms with Crippen molar-refractivity contribution in [1.82, 2.24) is 5.32 Å². The van der Waals surface area contributed by atoms with Gasteiger partial charge in [-0.1, -0.05) is 26.2 Å². The second-order valence-corrected chi connectivity index (χ2v) is 4.32. The molecule has 16 heavy (non-hydrogen) atoms. The number of carbonyl (C=O) groups excluding carboxylic acids is 1. The first-order chi connectivity index (χ1) is 7.61. The average molecular weight is 225 g/mol. The first-order valence-electron chi connectivity index (χ1n) is 5.83. The molecule has 4 nitrogen and oxygen atoms in total. The Morgan fingerprint density at radius 1 is 1.38 bits per heavy atom. The number of carboxylic acid groups (broad SMARTS) is 1. The van der Waals surface area contributed by atoms with E-state index in [1.165, 1.54) is 6.42 Å². The van der Waals surface area contributed by atoms with Gasteiger partial charge in [-0.3, -0.25) is 4.79 Å². The van der Waals surface area contributed by atoms with Crippen LogP contribution in [0.4, 0.5) is 0 Å². The van der Waals surface area contributed by atoms with Gasteiger partial charge in [0, 0.05) is 18.2 Å². The number of carbonyl (C=O) groups is 2. The Morgan fingerprint density at radius 2 is 2.12 bits per heavy atom. The standard InChI is InChI=1S/C12H19NO3/c1-2-9-4-3-5-10(8-9)13-11(14)6-7-12(15)16/h6-7,9-10H,2-5,8H2,1H3,(H,13,14)(H,15,16). The minimum Gasteiger partial charge on any atom is -0.478 e. The lowest BCUT2D eigenvalue weighted by atomic mass is 9.84. The maximum absolute atomic E-state index is 11.3. The van der Waals surface area contributed by atoms with Gasteiger partial charge in [-0.05, 0) is 18.8 Å². The summed E-state index contributed by atoms with van der Waals surface area (Å²) in [6, 6.07) is 0.213. The maximum atomic E-state index is 11.3. The second-order valence-electron chi connectivity index (χ2n) is 4.32. The van der Waals surface area contributed by atoms with Gasteiger partial charge >= 0.3 is 5.97 Å². The van der Waals surface area contributed by atoms with Crippen molar-refractivity contribution in [2.24, 2.45) is 5.92 Å². The van der Waals surface area contributed by atoms with E-state index >= 15 is 0 Å². The Bertz CT molecular complexity index is 286. The monoisotopic (exact) mass is 225 g/mol. The minimum absolute atomic E-state index is 0.213. The first-order valence-corrected chi connectivity index (χ1v) is 5.83. The molecular formula is C12H19NO3. The van der Waals surface area contributed by atoms with E-state index in [9.17, 15) is 9.59 Å². The van der Waals surface area contributed by atoms with Gasteiger partial charge in [0.15, 0.2) is 0 Å². The van der Waals surface area contributed by atoms with Crippen LogP contribution in [0, 0.1) is 5.92 Å². The third-order valence-corrected chi connectivity index (χ3v) is 3.08. The number of nitrogens with one attached hydrogen (secondary N) is 1. The van der Waals surface area contributed by atoms with E-state index in [2.05, 4.69) is 12.2 Å². The van der Waals surface area contributed by atoms with Crippen LogP contribution in [0.2, 0.25) is 0 Å². The Hall–Kier alpha value is -1.32. The molecule has 1 amide bonds. The lowest BCUT2D eigenvalue weighted by Gasteiger charge is -2.28. The minimum atomic E-state index is -1.09. The van der Waals surface area contributed by atoms with E-state index in [-0.39, 0.29) is 11.9 Å². The summed E-state index contributed by atoms with van der Waals surface area (Å²) >= 11 is 0. The van der Waals surface area contributed by atoms with Crippen molar-refractivity contribution >= 4 is 11.9 Å². The largest absolute Gasteiger partial charge is 0.478 e. The fraction of sp³-hybridized carbons (Fsp3) is 0.667. The van der Waals surface area contributed by atoms with Gasteiger partial charge < -0.3 is 10.4 Å². The van der Waals surface area contributed by atoms with Gasteiger partial charge in [-0.2, -0.15) is 0 Å². The summed E-state index contributed by atoms with van der Waals surface area (Å²) in [6.45, 7) is 2.17. The van der Waals surface area contributed by atoms with E-state index < -0.39 is 5.97 Å². The zero-order chi connectivity index (χ0) is 12.0. The van der Waals surface area contributed by atoms with Gasteiger partial charge in [0.1, 0.15) is 0 Å². The number of carboxylic acids is 1. The van der Waals surface area contributed by atoms with Gasteiger partial charge in [-0.15, -0.1) is 0 Å². The molecule has 0 aromatic rings. The molecule has 0 aromatic carbocycles. The van der Waals surface area contributed by atoms with Crippen molar-refractivity contribution in [3.63, 3.8) is 0 Å². The molecular weight excluding hydrogens is 206 g/mol. The van der Waals surface area contributed by atoms with Crippen LogP contribution < -0.4 is 5.32 Å². The molecule has 0 saturated heterocycles. The van der Waals surface area contributed by atoms with Crippen LogP contribution in [0.15, 0.2) is 12.2 Å². The summed E-state index contributed by atoms with van der Waals surface area (Å²) in [5, 5.41) is 11.2. The van der Waals surface area contributed by atoms with Crippen molar-refractivity contribution in [3.05, 3.63) is 12.2 Å². The molecule has 1 aliphatic rings. The van der Waals surface area contributed by atoms with Crippen LogP contribution in [0.25, 0.3) is 0 Å². The zero-order valence-corrected chi connectivity index (χ0v) is 9.61. The molecule has 1 saturated carbocycles. The summed E-state index contributed by atoms with van der Waals surface area (Å²) in [6.07, 6.45) is 7.51. The first kappa shape index (κ1) is 12.7. The van der Waals surface area contributed by atoms with Crippen LogP contribution in [0.5, 0.6) is 0 Å². The molecule has 90 valence electrons. The Morgan fingerprint density at radius 3 is 2.75 bits per heavy atom. The van der Waals surface area contributed by atoms with E-state index in [1.807, 2.05) is 0 Å². The molecule has 0 spiro atoms. The fourth-order valence-electron chi connectivity index (χ4n) is 2.19. The SMILES string of the molecule is CCC1CCCC(NC(=O)C=CC(=O)O)C1. The Balaban J connectivity index is 2.36. The number of amides is 1. The molecule has 4 heteroatoms. The Labute approximate surface area is 95.7 Å². The molecule has 1 aliphatic carbocycles. The predicted molar refractivity (Wildman–Crippen MR) is 61.0 cm³/mol. The highest BCUT2D eigenvalue weighted by Crippen LogP contribution is 2.26. The summed E-state index contributed by atoms with van der Waals surface area (Å²) < 4.78 is 0. The number of aliphatic carboxylic acids is 1. The number of rotatable bonds is 4. The molecule has 1 rings (SSSR count). The quantitative estimate of drug-likeness (QED) is 0.716. The van der Waals surface area contributed by atoms with E-state index in [1.54, 1.807) is 0 Å². The van der Waals surface area contributed by atoms with E-state index in [0.29, 0.717) is 5.92 Å². The molecule has 2 atom stereocenters. The van der Waals surface area contributed by atoms with Crippen LogP contribution in [0.1, 0.15) is 39.0 Å². The fourth-order valence-corrected chi connectivity index (χ4v) is 2.19. The molecule has 0 aliphatic heterocycles. The molecule has 0 radical (unpaired) electrons. The topological polar surface area (TPSA) is 66.4 Å². The highest BCUT2D eigenvalue weighted by atomic mass is 16.4. The van der Waals surface area contributed by atoms with Crippen molar-refractivity contribution in [2.45, 2.75) is 45.1 Å². The highest BCUT2D eigenvalue weighted by molar-refractivity contribution is 5.93. The summed E-state index contributed by atoms with van der Waals surface area (Å²) in [5.74, 6) is -0.697. The third kappa shape index (κ3) is 4.47. The molecule has 0 aromatic heterocycles. The van der Waals surface area contributed by atoms with Crippen LogP contribution >= 0.6 is 0 Å². The molecule has 1 fully saturated rings. The lowest BCUT2D eigenvalue weighted by Crippen LogP contribution is -2.37. The molecule has 2 unspecified atom stereocenters. The van der Waals surface area contributed by atoms with Gasteiger partial charge in [0.05, 0.1) is 0 Å². The van der Waals surface area contributed by atoms with Crippen LogP contribution in [-0.4, -0.2) is 23.0 Å². The van der Waals surface area contributed by atoms with Crippen LogP contribution in [0.3, 0.4) is 0 Å². The normalized spacial score (nSPS) is 25.6. The Kier molecular flexibility index (Phi) is 5.02. The van der Waals surface area contributed by atoms with Crippen molar-refractivity contribution in [1.29, 1.82) is 0 Å². The number of hydrogen-bond donors (Lipinski definition) is 2. The van der Waals surface area contributed by atoms with Crippen molar-refractivity contribution in [3.8, 4) is 0 Å². The predicted octanol–water partition coefficient (Wildman–Crippen LogP) is 1.71. The zero-order valence-electron chi connectivity index (χ0n) is 9.61. The smallest absolute Gasteiger partial charge is 0.328 e. The maximum Gasteiger partial charge on any atom is 0.328 e. The number of hydrogen-bond acceptors (Lipinski definition) is 2. The third-order valence-electron chi connectivity index (χ3n) is 3.08. The molecule has 0 bridgehead atoms. The second kappa shape index (κ2) is 6.30. The summed E-state index contributed by atoms with van der Waals surface area (Å²) in [7, 11) is 0. The van der Waals surface area contributed by atoms with Gasteiger partial charge in [-0.25, -0.2) is 4.79 Å². The van der Waals surface area contributed by atoms with Crippen LogP contribution in [-0.2, 0) is 9.59 Å². The summed E-state index contributed by atoms with van der Waals surface area (Å²) in [5.41, 5.74) is 0. The summed E-state index contributed by atoms with van der Waals surface area (Å²) in [4.78, 5) is 21.6. The van der Waals surface area contributed by atoms with Crippen molar-refractivity contribution < 1.29 is 14.7 Å². The van der Waals surface area contributed by atoms with Gasteiger partial charge in [0.25, 0.3) is 0 Å².